The van der Waals surface area contributed by atoms with Crippen LogP contribution in [0, 0.1) is 0 Å². The van der Waals surface area contributed by atoms with Crippen LogP contribution in [-0.2, 0) is 26.8 Å². The first kappa shape index (κ1) is 66.4. The number of hydrogen-bond acceptors (Lipinski definition) is 1. The SMILES string of the molecule is C=C(C)c1cccc2c1CC[C@@H]2O.[Pd].c1ccc(P(c2ccccc2)c2ccccc2)cc1.c1ccc(P(c2ccccc2)c2ccccc2)cc1.c1ccc(P(c2ccccc2)c2ccccc2)cc1.c1ccc(P(c2ccccc2)c2ccccc2)cc1. The van der Waals surface area contributed by atoms with Gasteiger partial charge in [0, 0.05) is 20.4 Å². The Morgan fingerprint density at radius 2 is 0.433 bits per heavy atom. The molecule has 0 amide bonds. The van der Waals surface area contributed by atoms with Crippen LogP contribution in [0.2, 0.25) is 0 Å². The van der Waals surface area contributed by atoms with Gasteiger partial charge in [-0.05, 0) is 132 Å². The van der Waals surface area contributed by atoms with Gasteiger partial charge >= 0.3 is 0 Å². The first-order valence-electron chi connectivity index (χ1n) is 30.3. The van der Waals surface area contributed by atoms with Crippen LogP contribution >= 0.6 is 31.7 Å². The fourth-order valence-corrected chi connectivity index (χ4v) is 20.0. The Hall–Kier alpha value is -8.06. The van der Waals surface area contributed by atoms with Gasteiger partial charge in [0.1, 0.15) is 0 Å². The molecule has 0 saturated carbocycles. The summed E-state index contributed by atoms with van der Waals surface area (Å²) in [5, 5.41) is 26.4. The largest absolute Gasteiger partial charge is 0.388 e. The van der Waals surface area contributed by atoms with Crippen molar-refractivity contribution in [1.29, 1.82) is 0 Å². The Balaban J connectivity index is 0.000000134. The van der Waals surface area contributed by atoms with E-state index >= 15 is 0 Å². The maximum absolute atomic E-state index is 9.66. The normalized spacial score (nSPS) is 11.8. The molecule has 0 spiro atoms. The summed E-state index contributed by atoms with van der Waals surface area (Å²) in [7, 11) is -1.78. The van der Waals surface area contributed by atoms with Crippen molar-refractivity contribution >= 4 is 101 Å². The predicted octanol–water partition coefficient (Wildman–Crippen LogP) is 16.5. The van der Waals surface area contributed by atoms with Crippen molar-refractivity contribution in [2.24, 2.45) is 0 Å². The van der Waals surface area contributed by atoms with Crippen LogP contribution in [-0.4, -0.2) is 5.11 Å². The van der Waals surface area contributed by atoms with Crippen LogP contribution in [0.1, 0.15) is 36.1 Å². The fourth-order valence-electron chi connectivity index (χ4n) is 10.7. The van der Waals surface area contributed by atoms with Gasteiger partial charge in [-0.15, -0.1) is 0 Å². The van der Waals surface area contributed by atoms with Crippen LogP contribution in [0.3, 0.4) is 0 Å². The molecule has 90 heavy (non-hydrogen) atoms. The second-order valence-corrected chi connectivity index (χ2v) is 30.0. The van der Waals surface area contributed by atoms with E-state index in [4.69, 9.17) is 0 Å². The standard InChI is InChI=1S/4C18H15P.C12H14O.Pd/c4*1-4-10-16(11-5-1)19(17-12-6-2-7-13-17)18-14-8-3-9-15-18;1-8(2)9-4-3-5-11-10(9)6-7-12(11)13;/h4*1-15H;3-5,12-13H,1,6-7H2,2H3;/t;;;;12-;/m....0./s1. The monoisotopic (exact) mass is 1330 g/mol. The molecule has 1 aliphatic rings. The van der Waals surface area contributed by atoms with Crippen LogP contribution in [0.25, 0.3) is 5.57 Å². The molecule has 1 atom stereocenters. The average Bonchev–Trinajstić information content (AvgIpc) is 2.11. The maximum atomic E-state index is 9.66. The van der Waals surface area contributed by atoms with Crippen LogP contribution in [0.15, 0.2) is 389 Å². The van der Waals surface area contributed by atoms with Crippen molar-refractivity contribution < 1.29 is 25.5 Å². The van der Waals surface area contributed by atoms with E-state index in [1.54, 1.807) is 0 Å². The van der Waals surface area contributed by atoms with Gasteiger partial charge in [-0.2, -0.15) is 0 Å². The summed E-state index contributed by atoms with van der Waals surface area (Å²) in [6.07, 6.45) is 1.59. The van der Waals surface area contributed by atoms with E-state index in [0.717, 1.165) is 24.0 Å². The summed E-state index contributed by atoms with van der Waals surface area (Å²) in [5.74, 6) is 0. The van der Waals surface area contributed by atoms with Crippen molar-refractivity contribution in [1.82, 2.24) is 0 Å². The summed E-state index contributed by atoms with van der Waals surface area (Å²) in [5.41, 5.74) is 4.70. The first-order chi connectivity index (χ1) is 44.0. The van der Waals surface area contributed by atoms with E-state index in [2.05, 4.69) is 377 Å². The van der Waals surface area contributed by atoms with Gasteiger partial charge in [0.05, 0.1) is 6.10 Å². The quantitative estimate of drug-likeness (QED) is 0.0901. The second kappa shape index (κ2) is 36.0. The number of benzene rings is 13. The van der Waals surface area contributed by atoms with Gasteiger partial charge < -0.3 is 5.11 Å². The molecule has 1 nitrogen and oxygen atoms in total. The zero-order valence-electron chi connectivity index (χ0n) is 50.6. The Labute approximate surface area is 553 Å². The molecule has 13 aromatic carbocycles. The zero-order chi connectivity index (χ0) is 61.1. The van der Waals surface area contributed by atoms with Gasteiger partial charge in [0.25, 0.3) is 0 Å². The third-order valence-corrected chi connectivity index (χ3v) is 24.6. The molecule has 6 heteroatoms. The summed E-state index contributed by atoms with van der Waals surface area (Å²) in [4.78, 5) is 0. The third kappa shape index (κ3) is 18.8. The first-order valence-corrected chi connectivity index (χ1v) is 35.6. The molecule has 1 aliphatic carbocycles. The van der Waals surface area contributed by atoms with Crippen LogP contribution in [0.4, 0.5) is 0 Å². The van der Waals surface area contributed by atoms with Crippen molar-refractivity contribution in [3.8, 4) is 0 Å². The minimum Gasteiger partial charge on any atom is -0.388 e. The van der Waals surface area contributed by atoms with Crippen molar-refractivity contribution in [3.05, 3.63) is 405 Å². The van der Waals surface area contributed by atoms with Gasteiger partial charge in [-0.3, -0.25) is 0 Å². The molecule has 0 radical (unpaired) electrons. The third-order valence-electron chi connectivity index (χ3n) is 14.9. The summed E-state index contributed by atoms with van der Waals surface area (Å²) in [6, 6.07) is 135. The second-order valence-electron chi connectivity index (χ2n) is 21.1. The topological polar surface area (TPSA) is 20.2 Å². The Morgan fingerprint density at radius 1 is 0.267 bits per heavy atom. The Morgan fingerprint density at radius 3 is 0.589 bits per heavy atom. The van der Waals surface area contributed by atoms with E-state index in [-0.39, 0.29) is 26.5 Å². The number of aliphatic hydroxyl groups is 1. The van der Waals surface area contributed by atoms with E-state index in [9.17, 15) is 5.11 Å². The summed E-state index contributed by atoms with van der Waals surface area (Å²) >= 11 is 0. The Bertz CT molecular complexity index is 3240. The van der Waals surface area contributed by atoms with Crippen molar-refractivity contribution in [2.75, 3.05) is 0 Å². The van der Waals surface area contributed by atoms with Crippen molar-refractivity contribution in [3.63, 3.8) is 0 Å². The van der Waals surface area contributed by atoms with Crippen molar-refractivity contribution in [2.45, 2.75) is 25.9 Å². The number of rotatable bonds is 13. The van der Waals surface area contributed by atoms with Gasteiger partial charge in [-0.1, -0.05) is 394 Å². The number of aliphatic hydroxyl groups excluding tert-OH is 1. The van der Waals surface area contributed by atoms with E-state index < -0.39 is 31.7 Å². The smallest absolute Gasteiger partial charge is 0.0796 e. The predicted molar refractivity (Wildman–Crippen MR) is 395 cm³/mol. The molecule has 0 fully saturated rings. The minimum absolute atomic E-state index is 0. The molecule has 0 saturated heterocycles. The zero-order valence-corrected chi connectivity index (χ0v) is 55.8. The molecular formula is C84H74OP4Pd. The molecule has 0 bridgehead atoms. The van der Waals surface area contributed by atoms with Crippen LogP contribution in [0.5, 0.6) is 0 Å². The molecule has 14 rings (SSSR count). The molecule has 0 aromatic heterocycles. The maximum Gasteiger partial charge on any atom is 0.0796 e. The summed E-state index contributed by atoms with van der Waals surface area (Å²) in [6.45, 7) is 5.96. The van der Waals surface area contributed by atoms with Gasteiger partial charge in [-0.25, -0.2) is 0 Å². The number of fused-ring (bicyclic) bond motifs is 1. The number of allylic oxidation sites excluding steroid dienone is 1. The Kier molecular flexibility index (Phi) is 26.5. The molecule has 0 unspecified atom stereocenters. The molecule has 0 aliphatic heterocycles. The summed E-state index contributed by atoms with van der Waals surface area (Å²) < 4.78 is 0. The molecule has 1 N–H and O–H groups in total. The van der Waals surface area contributed by atoms with Crippen LogP contribution < -0.4 is 63.7 Å². The molecule has 0 heterocycles. The average molecular weight is 1330 g/mol. The fraction of sp³-hybridized carbons (Fsp3) is 0.0476. The van der Waals surface area contributed by atoms with Gasteiger partial charge in [0.15, 0.2) is 0 Å². The van der Waals surface area contributed by atoms with E-state index in [0.29, 0.717) is 0 Å². The molecule has 446 valence electrons. The minimum atomic E-state index is -0.446. The van der Waals surface area contributed by atoms with E-state index in [1.165, 1.54) is 74.8 Å². The van der Waals surface area contributed by atoms with E-state index in [1.807, 2.05) is 19.1 Å². The molecule has 13 aromatic rings. The number of hydrogen-bond donors (Lipinski definition) is 1. The molecular weight excluding hydrogens is 1260 g/mol. The van der Waals surface area contributed by atoms with Gasteiger partial charge in [0.2, 0.25) is 0 Å².